The lowest BCUT2D eigenvalue weighted by atomic mass is 10.1. The van der Waals surface area contributed by atoms with E-state index in [1.807, 2.05) is 21.1 Å². The number of carboxylic acids is 1. The Morgan fingerprint density at radius 1 is 0.484 bits per heavy atom. The van der Waals surface area contributed by atoms with Gasteiger partial charge in [0, 0.05) is 19.3 Å². The van der Waals surface area contributed by atoms with Crippen LogP contribution in [-0.4, -0.2) is 80.6 Å². The van der Waals surface area contributed by atoms with Crippen LogP contribution in [0, 0.1) is 0 Å². The first-order valence-electron chi connectivity index (χ1n) is 26.0. The Bertz CT molecular complexity index is 1270. The zero-order valence-corrected chi connectivity index (χ0v) is 42.0. The van der Waals surface area contributed by atoms with Gasteiger partial charge in [-0.15, -0.1) is 0 Å². The molecule has 0 spiro atoms. The van der Waals surface area contributed by atoms with Crippen molar-refractivity contribution >= 4 is 17.9 Å². The van der Waals surface area contributed by atoms with E-state index >= 15 is 0 Å². The quantitative estimate of drug-likeness (QED) is 0.0281. The molecule has 0 aliphatic rings. The summed E-state index contributed by atoms with van der Waals surface area (Å²) in [5, 5.41) is 9.66. The molecule has 2 unspecified atom stereocenters. The van der Waals surface area contributed by atoms with Crippen molar-refractivity contribution in [3.8, 4) is 0 Å². The Morgan fingerprint density at radius 2 is 0.875 bits per heavy atom. The van der Waals surface area contributed by atoms with Gasteiger partial charge < -0.3 is 23.8 Å². The van der Waals surface area contributed by atoms with Gasteiger partial charge in [-0.2, -0.15) is 0 Å². The van der Waals surface area contributed by atoms with Crippen LogP contribution in [0.5, 0.6) is 0 Å². The first kappa shape index (κ1) is 60.8. The molecular weight excluding hydrogens is 799 g/mol. The number of aliphatic carboxylic acids is 1. The molecule has 8 heteroatoms. The summed E-state index contributed by atoms with van der Waals surface area (Å²) in [6.45, 7) is 4.61. The number of quaternary nitrogens is 1. The van der Waals surface area contributed by atoms with Gasteiger partial charge in [0.25, 0.3) is 0 Å². The maximum absolute atomic E-state index is 12.8. The molecule has 0 fully saturated rings. The molecule has 0 aromatic rings. The fourth-order valence-corrected chi connectivity index (χ4v) is 7.35. The van der Waals surface area contributed by atoms with E-state index < -0.39 is 18.1 Å². The normalized spacial score (nSPS) is 13.5. The van der Waals surface area contributed by atoms with Crippen molar-refractivity contribution < 1.29 is 38.2 Å². The Morgan fingerprint density at radius 3 is 1.31 bits per heavy atom. The number of rotatable bonds is 46. The first-order chi connectivity index (χ1) is 31.1. The van der Waals surface area contributed by atoms with Gasteiger partial charge in [-0.1, -0.05) is 183 Å². The minimum Gasteiger partial charge on any atom is -0.477 e. The van der Waals surface area contributed by atoms with Gasteiger partial charge in [0.2, 0.25) is 0 Å². The summed E-state index contributed by atoms with van der Waals surface area (Å²) in [6, 6.07) is -0.620. The van der Waals surface area contributed by atoms with E-state index in [0.29, 0.717) is 19.3 Å². The van der Waals surface area contributed by atoms with Crippen molar-refractivity contribution in [3.63, 3.8) is 0 Å². The van der Waals surface area contributed by atoms with Gasteiger partial charge in [0.05, 0.1) is 34.4 Å². The van der Waals surface area contributed by atoms with Crippen molar-refractivity contribution in [1.29, 1.82) is 0 Å². The standard InChI is InChI=1S/C56H97NO7/c1-6-8-10-12-14-16-18-20-22-24-25-26-27-28-29-31-32-34-36-38-40-42-44-46-54(58)63-51-52(50-62-49-48-53(56(60)61)57(3,4)5)64-55(59)47-45-43-41-39-37-35-33-30-23-21-19-17-15-13-11-9-7-2/h8,10,14,16,20-23,25-26,28-29,52-53H,6-7,9,11-13,15,17-19,24,27,30-51H2,1-5H3/p+1/b10-8+,16-14+,22-20+,23-21+,26-25+,29-28+. The number of ether oxygens (including phenoxy) is 3. The number of hydrogen-bond acceptors (Lipinski definition) is 6. The van der Waals surface area contributed by atoms with Gasteiger partial charge in [-0.25, -0.2) is 4.79 Å². The maximum Gasteiger partial charge on any atom is 0.362 e. The zero-order valence-electron chi connectivity index (χ0n) is 42.0. The molecule has 0 amide bonds. The van der Waals surface area contributed by atoms with Gasteiger partial charge in [0.1, 0.15) is 6.61 Å². The highest BCUT2D eigenvalue weighted by Gasteiger charge is 2.31. The van der Waals surface area contributed by atoms with Crippen LogP contribution in [0.2, 0.25) is 0 Å². The van der Waals surface area contributed by atoms with Crippen LogP contribution in [0.1, 0.15) is 213 Å². The topological polar surface area (TPSA) is 99.1 Å². The zero-order chi connectivity index (χ0) is 47.0. The van der Waals surface area contributed by atoms with Gasteiger partial charge in [-0.05, 0) is 83.5 Å². The summed E-state index contributed by atoms with van der Waals surface area (Å²) in [5.74, 6) is -1.49. The monoisotopic (exact) mass is 897 g/mol. The molecule has 0 bridgehead atoms. The number of carboxylic acid groups (broad SMARTS) is 1. The van der Waals surface area contributed by atoms with Crippen LogP contribution in [-0.2, 0) is 28.6 Å². The van der Waals surface area contributed by atoms with E-state index in [1.165, 1.54) is 103 Å². The molecular formula is C56H98NO7+. The lowest BCUT2D eigenvalue weighted by Gasteiger charge is -2.31. The van der Waals surface area contributed by atoms with Crippen molar-refractivity contribution in [3.05, 3.63) is 72.9 Å². The lowest BCUT2D eigenvalue weighted by molar-refractivity contribution is -0.887. The summed E-state index contributed by atoms with van der Waals surface area (Å²) in [6.07, 6.45) is 59.5. The third-order valence-electron chi connectivity index (χ3n) is 11.3. The van der Waals surface area contributed by atoms with Crippen LogP contribution in [0.25, 0.3) is 0 Å². The highest BCUT2D eigenvalue weighted by atomic mass is 16.6. The van der Waals surface area contributed by atoms with E-state index in [0.717, 1.165) is 77.0 Å². The van der Waals surface area contributed by atoms with Gasteiger partial charge >= 0.3 is 17.9 Å². The van der Waals surface area contributed by atoms with Crippen molar-refractivity contribution in [1.82, 2.24) is 0 Å². The van der Waals surface area contributed by atoms with Crippen LogP contribution >= 0.6 is 0 Å². The molecule has 0 aliphatic heterocycles. The highest BCUT2D eigenvalue weighted by molar-refractivity contribution is 5.72. The summed E-state index contributed by atoms with van der Waals surface area (Å²) >= 11 is 0. The molecule has 0 heterocycles. The van der Waals surface area contributed by atoms with Gasteiger partial charge in [-0.3, -0.25) is 9.59 Å². The summed E-state index contributed by atoms with van der Waals surface area (Å²) < 4.78 is 17.3. The molecule has 8 nitrogen and oxygen atoms in total. The molecule has 0 aliphatic carbocycles. The predicted octanol–water partition coefficient (Wildman–Crippen LogP) is 15.1. The average molecular weight is 897 g/mol. The third kappa shape index (κ3) is 44.0. The smallest absolute Gasteiger partial charge is 0.362 e. The highest BCUT2D eigenvalue weighted by Crippen LogP contribution is 2.15. The van der Waals surface area contributed by atoms with Crippen LogP contribution in [0.4, 0.5) is 0 Å². The van der Waals surface area contributed by atoms with E-state index in [2.05, 4.69) is 86.8 Å². The molecule has 0 saturated carbocycles. The Labute approximate surface area is 393 Å². The molecule has 64 heavy (non-hydrogen) atoms. The van der Waals surface area contributed by atoms with E-state index in [-0.39, 0.29) is 36.2 Å². The number of nitrogens with zero attached hydrogens (tertiary/aromatic N) is 1. The van der Waals surface area contributed by atoms with Crippen molar-refractivity contribution in [2.75, 3.05) is 41.0 Å². The minimum absolute atomic E-state index is 0.0534. The second-order valence-electron chi connectivity index (χ2n) is 18.4. The number of carbonyl (C=O) groups is 3. The maximum atomic E-state index is 12.8. The molecule has 0 radical (unpaired) electrons. The van der Waals surface area contributed by atoms with E-state index in [4.69, 9.17) is 14.2 Å². The molecule has 0 aromatic carbocycles. The summed E-state index contributed by atoms with van der Waals surface area (Å²) in [7, 11) is 5.53. The summed E-state index contributed by atoms with van der Waals surface area (Å²) in [4.78, 5) is 37.2. The SMILES string of the molecule is CC/C=C/C/C=C/C/C=C/C/C=C/C/C=C/CCCCCCCCCC(=O)OCC(COCCC(C(=O)O)[N+](C)(C)C)OC(=O)CCCCCCCCC/C=C/CCCCCCCC. The number of esters is 2. The van der Waals surface area contributed by atoms with Crippen LogP contribution < -0.4 is 0 Å². The second kappa shape index (κ2) is 46.3. The van der Waals surface area contributed by atoms with Crippen molar-refractivity contribution in [2.24, 2.45) is 0 Å². The fourth-order valence-electron chi connectivity index (χ4n) is 7.35. The third-order valence-corrected chi connectivity index (χ3v) is 11.3. The average Bonchev–Trinajstić information content (AvgIpc) is 3.26. The molecule has 1 N–H and O–H groups in total. The van der Waals surface area contributed by atoms with Crippen LogP contribution in [0.3, 0.4) is 0 Å². The second-order valence-corrected chi connectivity index (χ2v) is 18.4. The number of unbranched alkanes of at least 4 members (excludes halogenated alkanes) is 20. The predicted molar refractivity (Wildman–Crippen MR) is 270 cm³/mol. The molecule has 0 saturated heterocycles. The molecule has 2 atom stereocenters. The largest absolute Gasteiger partial charge is 0.477 e. The molecule has 0 aromatic heterocycles. The number of hydrogen-bond donors (Lipinski definition) is 1. The number of carbonyl (C=O) groups excluding carboxylic acids is 2. The Kier molecular flexibility index (Phi) is 44.0. The van der Waals surface area contributed by atoms with E-state index in [9.17, 15) is 19.5 Å². The van der Waals surface area contributed by atoms with E-state index in [1.54, 1.807) is 0 Å². The lowest BCUT2D eigenvalue weighted by Crippen LogP contribution is -2.50. The Hall–Kier alpha value is -3.23. The van der Waals surface area contributed by atoms with Gasteiger partial charge in [0.15, 0.2) is 12.1 Å². The van der Waals surface area contributed by atoms with Crippen LogP contribution in [0.15, 0.2) is 72.9 Å². The number of allylic oxidation sites excluding steroid dienone is 12. The van der Waals surface area contributed by atoms with Crippen molar-refractivity contribution in [2.45, 2.75) is 225 Å². The summed E-state index contributed by atoms with van der Waals surface area (Å²) in [5.41, 5.74) is 0. The minimum atomic E-state index is -0.878. The number of likely N-dealkylation sites (N-methyl/N-ethyl adjacent to an activating group) is 1. The molecule has 0 rings (SSSR count). The first-order valence-corrected chi connectivity index (χ1v) is 26.0. The Balaban J connectivity index is 4.27. The molecule has 368 valence electrons. The fraction of sp³-hybridized carbons (Fsp3) is 0.732.